The predicted octanol–water partition coefficient (Wildman–Crippen LogP) is 4.86. The van der Waals surface area contributed by atoms with Crippen molar-refractivity contribution < 1.29 is 14.3 Å². The Morgan fingerprint density at radius 3 is 1.81 bits per heavy atom. The molecule has 5 heteroatoms. The van der Waals surface area contributed by atoms with Crippen molar-refractivity contribution in [3.8, 4) is 0 Å². The number of ether oxygens (including phenoxy) is 1. The van der Waals surface area contributed by atoms with Gasteiger partial charge in [0.15, 0.2) is 0 Å². The molecule has 160 valence electrons. The van der Waals surface area contributed by atoms with Crippen LogP contribution in [-0.4, -0.2) is 31.6 Å². The van der Waals surface area contributed by atoms with Crippen LogP contribution >= 0.6 is 0 Å². The van der Waals surface area contributed by atoms with E-state index in [4.69, 9.17) is 10.5 Å². The van der Waals surface area contributed by atoms with E-state index in [1.807, 2.05) is 0 Å². The molecule has 0 heterocycles. The van der Waals surface area contributed by atoms with Gasteiger partial charge in [0.05, 0.1) is 7.11 Å². The minimum absolute atomic E-state index is 0.0507. The van der Waals surface area contributed by atoms with E-state index in [1.54, 1.807) is 0 Å². The number of rotatable bonds is 19. The molecule has 1 unspecified atom stereocenters. The molecule has 5 nitrogen and oxygen atoms in total. The summed E-state index contributed by atoms with van der Waals surface area (Å²) in [6, 6.07) is -0.536. The minimum atomic E-state index is -0.536. The molecule has 3 N–H and O–H groups in total. The van der Waals surface area contributed by atoms with E-state index in [0.29, 0.717) is 19.4 Å². The summed E-state index contributed by atoms with van der Waals surface area (Å²) in [5.74, 6) is -0.416. The normalized spacial score (nSPS) is 12.0. The van der Waals surface area contributed by atoms with E-state index in [2.05, 4.69) is 12.2 Å². The van der Waals surface area contributed by atoms with Gasteiger partial charge in [0.25, 0.3) is 0 Å². The van der Waals surface area contributed by atoms with E-state index >= 15 is 0 Å². The second-order valence-electron chi connectivity index (χ2n) is 7.57. The van der Waals surface area contributed by atoms with Gasteiger partial charge in [-0.3, -0.25) is 4.79 Å². The molecule has 1 amide bonds. The van der Waals surface area contributed by atoms with Crippen molar-refractivity contribution >= 4 is 11.9 Å². The van der Waals surface area contributed by atoms with E-state index in [-0.39, 0.29) is 11.9 Å². The summed E-state index contributed by atoms with van der Waals surface area (Å²) >= 11 is 0. The van der Waals surface area contributed by atoms with E-state index < -0.39 is 6.04 Å². The molecule has 0 aliphatic carbocycles. The number of esters is 1. The van der Waals surface area contributed by atoms with Crippen molar-refractivity contribution in [1.82, 2.24) is 5.32 Å². The van der Waals surface area contributed by atoms with Gasteiger partial charge >= 0.3 is 5.97 Å². The first-order chi connectivity index (χ1) is 13.2. The highest BCUT2D eigenvalue weighted by atomic mass is 16.5. The Labute approximate surface area is 167 Å². The molecular formula is C22H44N2O3. The fourth-order valence-electron chi connectivity index (χ4n) is 3.28. The maximum atomic E-state index is 12.0. The summed E-state index contributed by atoms with van der Waals surface area (Å²) in [6.45, 7) is 2.85. The lowest BCUT2D eigenvalue weighted by atomic mass is 10.0. The van der Waals surface area contributed by atoms with Gasteiger partial charge in [-0.25, -0.2) is 4.79 Å². The monoisotopic (exact) mass is 384 g/mol. The summed E-state index contributed by atoms with van der Waals surface area (Å²) in [5.41, 5.74) is 5.48. The number of carbonyl (C=O) groups excluding carboxylic acids is 2. The molecule has 0 aromatic carbocycles. The zero-order valence-corrected chi connectivity index (χ0v) is 17.9. The zero-order chi connectivity index (χ0) is 20.2. The van der Waals surface area contributed by atoms with E-state index in [1.165, 1.54) is 71.3 Å². The molecule has 0 radical (unpaired) electrons. The lowest BCUT2D eigenvalue weighted by Crippen LogP contribution is -2.41. The van der Waals surface area contributed by atoms with Crippen LogP contribution in [0.4, 0.5) is 0 Å². The Morgan fingerprint density at radius 1 is 0.815 bits per heavy atom. The average Bonchev–Trinajstić information content (AvgIpc) is 2.67. The van der Waals surface area contributed by atoms with Gasteiger partial charge in [-0.2, -0.15) is 0 Å². The quantitative estimate of drug-likeness (QED) is 0.246. The third-order valence-corrected chi connectivity index (χ3v) is 5.03. The Kier molecular flexibility index (Phi) is 18.9. The van der Waals surface area contributed by atoms with Crippen LogP contribution in [0.2, 0.25) is 0 Å². The molecule has 0 aliphatic rings. The molecule has 0 aliphatic heterocycles. The Hall–Kier alpha value is -1.10. The molecule has 0 fully saturated rings. The van der Waals surface area contributed by atoms with Crippen molar-refractivity contribution in [2.24, 2.45) is 5.73 Å². The topological polar surface area (TPSA) is 81.4 Å². The fraction of sp³-hybridized carbons (Fsp3) is 0.909. The van der Waals surface area contributed by atoms with Crippen LogP contribution in [0.15, 0.2) is 0 Å². The molecule has 0 aromatic heterocycles. The average molecular weight is 385 g/mol. The van der Waals surface area contributed by atoms with Crippen molar-refractivity contribution in [3.05, 3.63) is 0 Å². The number of amides is 1. The summed E-state index contributed by atoms with van der Waals surface area (Å²) in [4.78, 5) is 23.8. The van der Waals surface area contributed by atoms with Crippen LogP contribution in [0.5, 0.6) is 0 Å². The fourth-order valence-corrected chi connectivity index (χ4v) is 3.28. The molecule has 1 atom stereocenters. The van der Waals surface area contributed by atoms with E-state index in [0.717, 1.165) is 25.7 Å². The number of hydrogen-bond donors (Lipinski definition) is 2. The first-order valence-electron chi connectivity index (χ1n) is 11.2. The Bertz CT molecular complexity index is 361. The third kappa shape index (κ3) is 16.8. The van der Waals surface area contributed by atoms with Gasteiger partial charge in [0.1, 0.15) is 6.04 Å². The second kappa shape index (κ2) is 19.7. The van der Waals surface area contributed by atoms with Gasteiger partial charge in [0, 0.05) is 6.42 Å². The molecule has 0 saturated carbocycles. The largest absolute Gasteiger partial charge is 0.467 e. The number of nitrogens with one attached hydrogen (secondary N) is 1. The second-order valence-corrected chi connectivity index (χ2v) is 7.57. The maximum absolute atomic E-state index is 12.0. The van der Waals surface area contributed by atoms with Crippen LogP contribution in [0.25, 0.3) is 0 Å². The minimum Gasteiger partial charge on any atom is -0.467 e. The summed E-state index contributed by atoms with van der Waals surface area (Å²) in [5, 5.41) is 2.81. The number of unbranched alkanes of at least 4 members (excludes halogenated alkanes) is 12. The van der Waals surface area contributed by atoms with Crippen molar-refractivity contribution in [2.75, 3.05) is 13.7 Å². The van der Waals surface area contributed by atoms with Crippen molar-refractivity contribution in [2.45, 2.75) is 116 Å². The van der Waals surface area contributed by atoms with Gasteiger partial charge < -0.3 is 15.8 Å². The van der Waals surface area contributed by atoms with Crippen LogP contribution in [0.3, 0.4) is 0 Å². The maximum Gasteiger partial charge on any atom is 0.328 e. The van der Waals surface area contributed by atoms with Crippen LogP contribution in [0.1, 0.15) is 110 Å². The number of methoxy groups -OCH3 is 1. The standard InChI is InChI=1S/C22H44N2O3/c1-3-4-5-6-7-8-9-10-11-12-13-14-18-21(25)24-20(22(26)27-2)17-15-16-19-23/h20H,3-19,23H2,1-2H3,(H,24,25). The van der Waals surface area contributed by atoms with Gasteiger partial charge in [-0.05, 0) is 32.2 Å². The first kappa shape index (κ1) is 25.9. The van der Waals surface area contributed by atoms with Crippen molar-refractivity contribution in [3.63, 3.8) is 0 Å². The van der Waals surface area contributed by atoms with Gasteiger partial charge in [-0.15, -0.1) is 0 Å². The van der Waals surface area contributed by atoms with Crippen molar-refractivity contribution in [1.29, 1.82) is 0 Å². The Morgan fingerprint density at radius 2 is 1.33 bits per heavy atom. The lowest BCUT2D eigenvalue weighted by molar-refractivity contribution is -0.145. The molecule has 0 rings (SSSR count). The van der Waals surface area contributed by atoms with E-state index in [9.17, 15) is 9.59 Å². The lowest BCUT2D eigenvalue weighted by Gasteiger charge is -2.16. The summed E-state index contributed by atoms with van der Waals surface area (Å²) < 4.78 is 4.78. The van der Waals surface area contributed by atoms with Crippen LogP contribution in [0, 0.1) is 0 Å². The Balaban J connectivity index is 3.61. The highest BCUT2D eigenvalue weighted by Crippen LogP contribution is 2.12. The predicted molar refractivity (Wildman–Crippen MR) is 113 cm³/mol. The molecular weight excluding hydrogens is 340 g/mol. The SMILES string of the molecule is CCCCCCCCCCCCCCC(=O)NC(CCCCN)C(=O)OC. The first-order valence-corrected chi connectivity index (χ1v) is 11.2. The molecule has 0 saturated heterocycles. The van der Waals surface area contributed by atoms with Gasteiger partial charge in [-0.1, -0.05) is 77.6 Å². The highest BCUT2D eigenvalue weighted by molar-refractivity contribution is 5.84. The molecule has 0 bridgehead atoms. The third-order valence-electron chi connectivity index (χ3n) is 5.03. The zero-order valence-electron chi connectivity index (χ0n) is 17.9. The highest BCUT2D eigenvalue weighted by Gasteiger charge is 2.20. The molecule has 27 heavy (non-hydrogen) atoms. The van der Waals surface area contributed by atoms with Gasteiger partial charge in [0.2, 0.25) is 5.91 Å². The summed E-state index contributed by atoms with van der Waals surface area (Å²) in [6.07, 6.45) is 18.0. The molecule has 0 aromatic rings. The number of nitrogens with two attached hydrogens (primary N) is 1. The smallest absolute Gasteiger partial charge is 0.328 e. The van der Waals surface area contributed by atoms with Crippen LogP contribution in [-0.2, 0) is 14.3 Å². The number of carbonyl (C=O) groups is 2. The number of hydrogen-bond acceptors (Lipinski definition) is 4. The van der Waals surface area contributed by atoms with Crippen LogP contribution < -0.4 is 11.1 Å². The molecule has 0 spiro atoms. The summed E-state index contributed by atoms with van der Waals surface area (Å²) in [7, 11) is 1.36.